The van der Waals surface area contributed by atoms with E-state index in [9.17, 15) is 107 Å². The van der Waals surface area contributed by atoms with Gasteiger partial charge in [-0.1, -0.05) is 27.7 Å². The van der Waals surface area contributed by atoms with Crippen LogP contribution in [0.5, 0.6) is 0 Å². The molecular formula is C62H98N16O22. The van der Waals surface area contributed by atoms with Gasteiger partial charge in [0, 0.05) is 32.6 Å². The molecule has 0 bridgehead atoms. The lowest BCUT2D eigenvalue weighted by atomic mass is 10.0. The van der Waals surface area contributed by atoms with Crippen molar-refractivity contribution in [2.45, 2.75) is 217 Å². The number of nitrogens with one attached hydrogen (secondary N) is 10. The van der Waals surface area contributed by atoms with Crippen LogP contribution in [0.4, 0.5) is 0 Å². The molecular weight excluding hydrogens is 1320 g/mol. The quantitative estimate of drug-likeness (QED) is 0.0255. The lowest BCUT2D eigenvalue weighted by Crippen LogP contribution is -2.59. The summed E-state index contributed by atoms with van der Waals surface area (Å²) < 4.78 is 0. The lowest BCUT2D eigenvalue weighted by molar-refractivity contribution is -0.151. The van der Waals surface area contributed by atoms with Crippen LogP contribution in [-0.4, -0.2) is 271 Å². The molecule has 4 saturated heterocycles. The average Bonchev–Trinajstić information content (AvgIpc) is 1.63. The molecule has 4 fully saturated rings. The molecule has 18 N–H and O–H groups in total. The highest BCUT2D eigenvalue weighted by Gasteiger charge is 2.47. The summed E-state index contributed by atoms with van der Waals surface area (Å²) in [6, 6.07) is -16.4. The molecule has 100 heavy (non-hydrogen) atoms. The smallest absolute Gasteiger partial charge is 0.326 e. The highest BCUT2D eigenvalue weighted by Crippen LogP contribution is 2.29. The van der Waals surface area contributed by atoms with Crippen molar-refractivity contribution in [2.75, 3.05) is 52.4 Å². The van der Waals surface area contributed by atoms with Gasteiger partial charge in [-0.3, -0.25) is 81.5 Å². The Morgan fingerprint density at radius 1 is 0.420 bits per heavy atom. The van der Waals surface area contributed by atoms with E-state index in [4.69, 9.17) is 11.5 Å². The molecule has 0 radical (unpaired) electrons. The Bertz CT molecular complexity index is 3040. The third kappa shape index (κ3) is 25.0. The Balaban J connectivity index is 1.35. The van der Waals surface area contributed by atoms with E-state index in [1.165, 1.54) is 19.6 Å². The number of unbranched alkanes of at least 4 members (excludes halogenated alkanes) is 1. The topological polar surface area (TPSA) is 573 Å². The monoisotopic (exact) mass is 1420 g/mol. The predicted molar refractivity (Wildman–Crippen MR) is 347 cm³/mol. The molecule has 4 heterocycles. The van der Waals surface area contributed by atoms with E-state index in [0.717, 1.165) is 13.8 Å². The fourth-order valence-corrected chi connectivity index (χ4v) is 12.2. The van der Waals surface area contributed by atoms with Crippen molar-refractivity contribution in [3.8, 4) is 0 Å². The van der Waals surface area contributed by atoms with Crippen LogP contribution in [0.1, 0.15) is 144 Å². The van der Waals surface area contributed by atoms with Crippen molar-refractivity contribution in [3.05, 3.63) is 0 Å². The summed E-state index contributed by atoms with van der Waals surface area (Å²) >= 11 is 0. The summed E-state index contributed by atoms with van der Waals surface area (Å²) in [4.78, 5) is 242. The Morgan fingerprint density at radius 3 is 1.35 bits per heavy atom. The van der Waals surface area contributed by atoms with Gasteiger partial charge in [0.05, 0.1) is 32.5 Å². The molecule has 38 nitrogen and oxygen atoms in total. The standard InChI is InChI=1S/C62H98N16O22/c1-31(2)25-37(55(92)74-50(32(3)4)62(99)100)71-46(81)29-65-51(88)33(5)67-53(90)38(26-48(84)85)73-54(91)39(27-49(86)87)72-52(89)34(6)68-57(94)41-15-10-21-75(41)58(95)35(13-7-8-20-63)70-45(80)30-66-56(93)40-14-9-22-76(40)60(97)43-17-12-24-78(43)61(98)42-16-11-23-77(42)59(96)36(18-19-47(82)83)69-44(79)28-64/h31-43,50H,7-30,63-64H2,1-6H3,(H,65,88)(H,66,93)(H,67,90)(H,68,94)(H,69,79)(H,70,80)(H,71,81)(H,72,89)(H,73,91)(H,74,92)(H,82,83)(H,84,85)(H,86,87)(H,99,100)/t33-,34-,35-,36-,37-,38-,39-,40-,41-,42-,43-,50-/m1/s1. The van der Waals surface area contributed by atoms with E-state index < -0.39 is 224 Å². The van der Waals surface area contributed by atoms with Gasteiger partial charge in [0.2, 0.25) is 82.7 Å². The number of carbonyl (C=O) groups is 18. The number of carboxylic acid groups (broad SMARTS) is 4. The molecule has 0 aromatic heterocycles. The van der Waals surface area contributed by atoms with Crippen LogP contribution >= 0.6 is 0 Å². The zero-order valence-electron chi connectivity index (χ0n) is 57.1. The number of nitrogens with zero attached hydrogens (tertiary/aromatic N) is 4. The Labute approximate surface area is 576 Å². The number of hydrogen-bond acceptors (Lipinski definition) is 20. The van der Waals surface area contributed by atoms with Crippen LogP contribution in [0.25, 0.3) is 0 Å². The van der Waals surface area contributed by atoms with Crippen LogP contribution in [-0.2, 0) is 86.3 Å². The molecule has 14 amide bonds. The molecule has 0 aromatic rings. The number of rotatable bonds is 39. The molecule has 0 unspecified atom stereocenters. The first-order valence-corrected chi connectivity index (χ1v) is 33.6. The second kappa shape index (κ2) is 39.8. The molecule has 0 spiro atoms. The number of likely N-dealkylation sites (tertiary alicyclic amines) is 4. The van der Waals surface area contributed by atoms with Gasteiger partial charge >= 0.3 is 23.9 Å². The first-order valence-electron chi connectivity index (χ1n) is 33.6. The number of carbonyl (C=O) groups excluding carboxylic acids is 14. The molecule has 4 rings (SSSR count). The van der Waals surface area contributed by atoms with Gasteiger partial charge in [-0.15, -0.1) is 0 Å². The number of nitrogens with two attached hydrogens (primary N) is 2. The molecule has 4 aliphatic rings. The van der Waals surface area contributed by atoms with Gasteiger partial charge in [0.25, 0.3) is 0 Å². The first-order chi connectivity index (χ1) is 47.1. The number of amides is 14. The fourth-order valence-electron chi connectivity index (χ4n) is 12.2. The van der Waals surface area contributed by atoms with Crippen LogP contribution in [0.3, 0.4) is 0 Å². The van der Waals surface area contributed by atoms with Crippen LogP contribution in [0.2, 0.25) is 0 Å². The number of hydrogen-bond donors (Lipinski definition) is 16. The van der Waals surface area contributed by atoms with Crippen LogP contribution < -0.4 is 64.6 Å². The zero-order chi connectivity index (χ0) is 74.8. The Morgan fingerprint density at radius 2 is 0.850 bits per heavy atom. The minimum Gasteiger partial charge on any atom is -0.481 e. The third-order valence-electron chi connectivity index (χ3n) is 17.3. The van der Waals surface area contributed by atoms with E-state index in [1.54, 1.807) is 27.7 Å². The summed E-state index contributed by atoms with van der Waals surface area (Å²) in [7, 11) is 0. The summed E-state index contributed by atoms with van der Waals surface area (Å²) in [6.45, 7) is 7.73. The molecule has 12 atom stereocenters. The largest absolute Gasteiger partial charge is 0.481 e. The molecule has 38 heteroatoms. The predicted octanol–water partition coefficient (Wildman–Crippen LogP) is -6.21. The third-order valence-corrected chi connectivity index (χ3v) is 17.3. The Kier molecular flexibility index (Phi) is 33.0. The normalized spacial score (nSPS) is 19.7. The molecule has 0 aliphatic carbocycles. The maximum atomic E-state index is 14.3. The maximum absolute atomic E-state index is 14.3. The molecule has 4 aliphatic heterocycles. The summed E-state index contributed by atoms with van der Waals surface area (Å²) in [5.41, 5.74) is 11.2. The minimum atomic E-state index is -2.02. The van der Waals surface area contributed by atoms with Crippen molar-refractivity contribution >= 4 is 107 Å². The van der Waals surface area contributed by atoms with Gasteiger partial charge in [0.15, 0.2) is 0 Å². The highest BCUT2D eigenvalue weighted by atomic mass is 16.4. The fraction of sp³-hybridized carbons (Fsp3) is 0.710. The van der Waals surface area contributed by atoms with Crippen molar-refractivity contribution in [1.29, 1.82) is 0 Å². The van der Waals surface area contributed by atoms with Crippen molar-refractivity contribution in [1.82, 2.24) is 72.8 Å². The summed E-state index contributed by atoms with van der Waals surface area (Å²) in [5.74, 6) is -18.5. The van der Waals surface area contributed by atoms with Gasteiger partial charge < -0.3 is 105 Å². The van der Waals surface area contributed by atoms with Crippen molar-refractivity contribution in [3.63, 3.8) is 0 Å². The number of carboxylic acids is 4. The average molecular weight is 1420 g/mol. The maximum Gasteiger partial charge on any atom is 0.326 e. The van der Waals surface area contributed by atoms with Crippen molar-refractivity contribution in [2.24, 2.45) is 23.3 Å². The van der Waals surface area contributed by atoms with E-state index in [1.807, 2.05) is 0 Å². The second-order valence-electron chi connectivity index (χ2n) is 26.0. The Hall–Kier alpha value is -9.62. The van der Waals surface area contributed by atoms with Gasteiger partial charge in [-0.05, 0) is 116 Å². The van der Waals surface area contributed by atoms with E-state index in [0.29, 0.717) is 32.1 Å². The highest BCUT2D eigenvalue weighted by molar-refractivity contribution is 6.01. The summed E-state index contributed by atoms with van der Waals surface area (Å²) in [6.07, 6.45) is 0.156. The molecule has 0 aromatic carbocycles. The van der Waals surface area contributed by atoms with Crippen LogP contribution in [0.15, 0.2) is 0 Å². The van der Waals surface area contributed by atoms with E-state index >= 15 is 0 Å². The van der Waals surface area contributed by atoms with Gasteiger partial charge in [-0.2, -0.15) is 0 Å². The molecule has 0 saturated carbocycles. The van der Waals surface area contributed by atoms with E-state index in [2.05, 4.69) is 53.2 Å². The zero-order valence-corrected chi connectivity index (χ0v) is 57.1. The second-order valence-corrected chi connectivity index (χ2v) is 26.0. The minimum absolute atomic E-state index is 0.0126. The van der Waals surface area contributed by atoms with Crippen molar-refractivity contribution < 1.29 is 107 Å². The first kappa shape index (κ1) is 82.8. The van der Waals surface area contributed by atoms with Gasteiger partial charge in [-0.25, -0.2) is 4.79 Å². The number of aliphatic carboxylic acids is 4. The SMILES string of the molecule is CC(C)C[C@@H](NC(=O)CNC(=O)[C@@H](C)NC(=O)[C@@H](CC(=O)O)NC(=O)[C@@H](CC(=O)O)NC(=O)[C@@H](C)NC(=O)[C@H]1CCCN1C(=O)[C@@H](CCCCN)NC(=O)CNC(=O)[C@H]1CCCN1C(=O)[C@H]1CCCN1C(=O)[C@H]1CCCN1C(=O)[C@@H](CCC(=O)O)NC(=O)CN)C(=O)N[C@@H](C(=O)O)C(C)C. The van der Waals surface area contributed by atoms with E-state index in [-0.39, 0.29) is 90.0 Å². The van der Waals surface area contributed by atoms with Gasteiger partial charge in [0.1, 0.15) is 72.5 Å². The summed E-state index contributed by atoms with van der Waals surface area (Å²) in [5, 5.41) is 61.6. The lowest BCUT2D eigenvalue weighted by Gasteiger charge is -2.35. The molecule has 558 valence electrons. The van der Waals surface area contributed by atoms with Crippen LogP contribution in [0, 0.1) is 11.8 Å².